The second-order valence-electron chi connectivity index (χ2n) is 5.63. The van der Waals surface area contributed by atoms with Crippen molar-refractivity contribution in [1.29, 1.82) is 0 Å². The van der Waals surface area contributed by atoms with Crippen LogP contribution in [0.4, 0.5) is 39.5 Å². The molecule has 0 N–H and O–H groups in total. The number of cyclic esters (lactones) is 1. The zero-order valence-electron chi connectivity index (χ0n) is 12.9. The topological polar surface area (TPSA) is 60.4 Å². The maximum atomic E-state index is 13.7. The standard InChI is InChI=1S/C12H13F9O4S/c1-2-3-4-6-5-7(8(22)25-6)26(23,24)12(20,21)10(15,16)9(13,14)11(17,18)19/h6-7H,2-5H2,1H3/t6-,7-/m1/s1. The highest BCUT2D eigenvalue weighted by Gasteiger charge is 2.86. The van der Waals surface area contributed by atoms with E-state index in [-0.39, 0.29) is 6.42 Å². The molecule has 26 heavy (non-hydrogen) atoms. The van der Waals surface area contributed by atoms with Crippen LogP contribution in [0.25, 0.3) is 0 Å². The first kappa shape index (κ1) is 22.8. The highest BCUT2D eigenvalue weighted by atomic mass is 32.2. The largest absolute Gasteiger partial charge is 0.461 e. The number of carbonyl (C=O) groups excluding carboxylic acids is 1. The van der Waals surface area contributed by atoms with E-state index in [1.54, 1.807) is 6.92 Å². The first-order chi connectivity index (χ1) is 11.4. The van der Waals surface area contributed by atoms with E-state index in [9.17, 15) is 52.7 Å². The number of hydrogen-bond donors (Lipinski definition) is 0. The molecule has 1 aliphatic heterocycles. The van der Waals surface area contributed by atoms with Crippen molar-refractivity contribution in [2.45, 2.75) is 67.2 Å². The Kier molecular flexibility index (Phi) is 5.93. The van der Waals surface area contributed by atoms with Crippen LogP contribution in [-0.2, 0) is 19.4 Å². The Labute approximate surface area is 141 Å². The lowest BCUT2D eigenvalue weighted by molar-refractivity contribution is -0.382. The molecule has 14 heteroatoms. The molecular formula is C12H13F9O4S. The van der Waals surface area contributed by atoms with Crippen LogP contribution >= 0.6 is 0 Å². The molecule has 0 bridgehead atoms. The van der Waals surface area contributed by atoms with Crippen molar-refractivity contribution < 1.29 is 57.5 Å². The number of unbranched alkanes of at least 4 members (excludes halogenated alkanes) is 1. The molecular weight excluding hydrogens is 411 g/mol. The first-order valence-corrected chi connectivity index (χ1v) is 8.63. The second kappa shape index (κ2) is 6.75. The van der Waals surface area contributed by atoms with E-state index >= 15 is 0 Å². The SMILES string of the molecule is CCCC[C@@H]1C[C@@H](S(=O)(=O)C(F)(F)C(F)(F)C(F)(F)C(F)(F)F)C(=O)O1. The number of sulfone groups is 1. The lowest BCUT2D eigenvalue weighted by Gasteiger charge is -2.33. The minimum absolute atomic E-state index is 0.0189. The highest BCUT2D eigenvalue weighted by Crippen LogP contribution is 2.55. The number of halogens is 9. The lowest BCUT2D eigenvalue weighted by Crippen LogP contribution is -2.64. The molecule has 1 fully saturated rings. The third-order valence-corrected chi connectivity index (χ3v) is 5.86. The summed E-state index contributed by atoms with van der Waals surface area (Å²) in [4.78, 5) is 11.4. The minimum Gasteiger partial charge on any atom is -0.461 e. The average Bonchev–Trinajstić information content (AvgIpc) is 2.84. The van der Waals surface area contributed by atoms with Crippen LogP contribution in [0.2, 0.25) is 0 Å². The van der Waals surface area contributed by atoms with Gasteiger partial charge >= 0.3 is 29.2 Å². The third-order valence-electron chi connectivity index (χ3n) is 3.75. The van der Waals surface area contributed by atoms with Gasteiger partial charge in [-0.1, -0.05) is 19.8 Å². The van der Waals surface area contributed by atoms with E-state index in [1.165, 1.54) is 0 Å². The molecule has 0 aromatic heterocycles. The molecule has 0 amide bonds. The summed E-state index contributed by atoms with van der Waals surface area (Å²) in [5.41, 5.74) is 0. The fourth-order valence-corrected chi connectivity index (χ4v) is 3.82. The maximum Gasteiger partial charge on any atom is 0.460 e. The summed E-state index contributed by atoms with van der Waals surface area (Å²) in [6, 6.07) is 0. The highest BCUT2D eigenvalue weighted by molar-refractivity contribution is 7.93. The molecule has 0 spiro atoms. The van der Waals surface area contributed by atoms with Gasteiger partial charge in [0.1, 0.15) is 6.10 Å². The number of rotatable bonds is 7. The fraction of sp³-hybridized carbons (Fsp3) is 0.917. The van der Waals surface area contributed by atoms with Gasteiger partial charge in [0, 0.05) is 6.42 Å². The van der Waals surface area contributed by atoms with Gasteiger partial charge in [0.05, 0.1) is 0 Å². The van der Waals surface area contributed by atoms with Crippen molar-refractivity contribution in [2.24, 2.45) is 0 Å². The molecule has 0 saturated carbocycles. The van der Waals surface area contributed by atoms with Crippen LogP contribution in [0.15, 0.2) is 0 Å². The normalized spacial score (nSPS) is 23.2. The Balaban J connectivity index is 3.27. The second-order valence-corrected chi connectivity index (χ2v) is 7.81. The zero-order valence-corrected chi connectivity index (χ0v) is 13.7. The van der Waals surface area contributed by atoms with E-state index < -0.39 is 56.9 Å². The first-order valence-electron chi connectivity index (χ1n) is 7.09. The van der Waals surface area contributed by atoms with Crippen molar-refractivity contribution >= 4 is 15.8 Å². The van der Waals surface area contributed by atoms with E-state index in [0.29, 0.717) is 12.8 Å². The summed E-state index contributed by atoms with van der Waals surface area (Å²) in [6.45, 7) is 1.67. The molecule has 1 rings (SSSR count). The third kappa shape index (κ3) is 3.36. The van der Waals surface area contributed by atoms with Gasteiger partial charge in [0.2, 0.25) is 9.84 Å². The molecule has 0 aromatic rings. The van der Waals surface area contributed by atoms with Gasteiger partial charge < -0.3 is 4.74 Å². The van der Waals surface area contributed by atoms with Gasteiger partial charge in [-0.25, -0.2) is 8.42 Å². The maximum absolute atomic E-state index is 13.7. The zero-order chi connectivity index (χ0) is 20.8. The minimum atomic E-state index is -7.36. The fourth-order valence-electron chi connectivity index (χ4n) is 2.20. The quantitative estimate of drug-likeness (QED) is 0.462. The summed E-state index contributed by atoms with van der Waals surface area (Å²) in [6.07, 6.45) is -8.63. The van der Waals surface area contributed by atoms with Crippen molar-refractivity contribution in [2.75, 3.05) is 0 Å². The van der Waals surface area contributed by atoms with Crippen LogP contribution in [0.1, 0.15) is 32.6 Å². The van der Waals surface area contributed by atoms with Crippen LogP contribution in [-0.4, -0.2) is 49.0 Å². The number of ether oxygens (including phenoxy) is 1. The summed E-state index contributed by atoms with van der Waals surface area (Å²) >= 11 is 0. The summed E-state index contributed by atoms with van der Waals surface area (Å²) in [5, 5.41) is -9.85. The van der Waals surface area contributed by atoms with Gasteiger partial charge in [-0.15, -0.1) is 0 Å². The predicted molar refractivity (Wildman–Crippen MR) is 67.6 cm³/mol. The molecule has 1 saturated heterocycles. The monoisotopic (exact) mass is 424 g/mol. The van der Waals surface area contributed by atoms with E-state index in [2.05, 4.69) is 4.74 Å². The lowest BCUT2D eigenvalue weighted by atomic mass is 10.1. The molecule has 0 aromatic carbocycles. The summed E-state index contributed by atoms with van der Waals surface area (Å²) in [7, 11) is -6.78. The van der Waals surface area contributed by atoms with E-state index in [4.69, 9.17) is 0 Å². The smallest absolute Gasteiger partial charge is 0.460 e. The van der Waals surface area contributed by atoms with Gasteiger partial charge in [0.25, 0.3) is 0 Å². The van der Waals surface area contributed by atoms with Gasteiger partial charge in [-0.05, 0) is 6.42 Å². The number of carbonyl (C=O) groups is 1. The van der Waals surface area contributed by atoms with Crippen LogP contribution in [0.3, 0.4) is 0 Å². The van der Waals surface area contributed by atoms with Crippen LogP contribution in [0.5, 0.6) is 0 Å². The van der Waals surface area contributed by atoms with Crippen molar-refractivity contribution in [1.82, 2.24) is 0 Å². The van der Waals surface area contributed by atoms with Gasteiger partial charge in [-0.2, -0.15) is 39.5 Å². The molecule has 0 radical (unpaired) electrons. The Morgan fingerprint density at radius 1 is 1.00 bits per heavy atom. The Morgan fingerprint density at radius 2 is 1.50 bits per heavy atom. The molecule has 154 valence electrons. The Morgan fingerprint density at radius 3 is 1.92 bits per heavy atom. The van der Waals surface area contributed by atoms with Crippen LogP contribution < -0.4 is 0 Å². The predicted octanol–water partition coefficient (Wildman–Crippen LogP) is 3.70. The summed E-state index contributed by atoms with van der Waals surface area (Å²) in [5.74, 6) is -16.6. The number of alkyl halides is 9. The van der Waals surface area contributed by atoms with Crippen molar-refractivity contribution in [3.8, 4) is 0 Å². The van der Waals surface area contributed by atoms with Gasteiger partial charge in [0.15, 0.2) is 5.25 Å². The Bertz CT molecular complexity index is 642. The summed E-state index contributed by atoms with van der Waals surface area (Å²) < 4.78 is 144. The molecule has 1 aliphatic rings. The molecule has 4 nitrogen and oxygen atoms in total. The molecule has 1 heterocycles. The van der Waals surface area contributed by atoms with E-state index in [1.807, 2.05) is 0 Å². The average molecular weight is 424 g/mol. The number of esters is 1. The van der Waals surface area contributed by atoms with Crippen molar-refractivity contribution in [3.05, 3.63) is 0 Å². The van der Waals surface area contributed by atoms with Crippen LogP contribution in [0, 0.1) is 0 Å². The number of hydrogen-bond acceptors (Lipinski definition) is 4. The molecule has 0 unspecified atom stereocenters. The van der Waals surface area contributed by atoms with Gasteiger partial charge in [-0.3, -0.25) is 4.79 Å². The van der Waals surface area contributed by atoms with Crippen molar-refractivity contribution in [3.63, 3.8) is 0 Å². The Hall–Kier alpha value is -1.21. The van der Waals surface area contributed by atoms with E-state index in [0.717, 1.165) is 0 Å². The molecule has 0 aliphatic carbocycles. The molecule has 2 atom stereocenters.